The SMILES string of the molecule is CC1CCC(CNNCCC2(C#N)NCCC2=O)CC1. The third kappa shape index (κ3) is 3.78. The zero-order valence-corrected chi connectivity index (χ0v) is 12.4. The first-order valence-corrected chi connectivity index (χ1v) is 7.81. The van der Waals surface area contributed by atoms with E-state index >= 15 is 0 Å². The number of Topliss-reactive ketones (excluding diaryl/α,β-unsaturated/α-hetero) is 1. The number of carbonyl (C=O) groups is 1. The van der Waals surface area contributed by atoms with E-state index in [0.717, 1.165) is 18.4 Å². The van der Waals surface area contributed by atoms with Gasteiger partial charge in [0.2, 0.25) is 0 Å². The van der Waals surface area contributed by atoms with E-state index < -0.39 is 5.54 Å². The summed E-state index contributed by atoms with van der Waals surface area (Å²) < 4.78 is 0. The molecule has 3 N–H and O–H groups in total. The van der Waals surface area contributed by atoms with Gasteiger partial charge in [-0.15, -0.1) is 0 Å². The van der Waals surface area contributed by atoms with Gasteiger partial charge in [-0.25, -0.2) is 0 Å². The molecule has 5 heteroatoms. The number of hydrogen-bond acceptors (Lipinski definition) is 5. The third-order valence-corrected chi connectivity index (χ3v) is 4.72. The van der Waals surface area contributed by atoms with E-state index in [1.54, 1.807) is 0 Å². The van der Waals surface area contributed by atoms with Crippen LogP contribution >= 0.6 is 0 Å². The molecular weight excluding hydrogens is 252 g/mol. The highest BCUT2D eigenvalue weighted by Gasteiger charge is 2.41. The molecule has 1 aliphatic heterocycles. The van der Waals surface area contributed by atoms with E-state index in [4.69, 9.17) is 0 Å². The van der Waals surface area contributed by atoms with Crippen molar-refractivity contribution < 1.29 is 4.79 Å². The standard InChI is InChI=1S/C15H26N4O/c1-12-2-4-13(5-3-12)10-19-18-9-7-15(11-16)14(20)6-8-17-15/h12-13,17-19H,2-10H2,1H3. The van der Waals surface area contributed by atoms with Crippen LogP contribution in [0.5, 0.6) is 0 Å². The highest BCUT2D eigenvalue weighted by molar-refractivity contribution is 5.93. The number of hydrazine groups is 1. The van der Waals surface area contributed by atoms with Crippen LogP contribution in [0.15, 0.2) is 0 Å². The Labute approximate surface area is 121 Å². The Morgan fingerprint density at radius 3 is 2.70 bits per heavy atom. The molecule has 2 fully saturated rings. The van der Waals surface area contributed by atoms with Gasteiger partial charge in [0, 0.05) is 32.5 Å². The van der Waals surface area contributed by atoms with E-state index in [0.29, 0.717) is 25.9 Å². The number of nitrogens with one attached hydrogen (secondary N) is 3. The number of hydrogen-bond donors (Lipinski definition) is 3. The lowest BCUT2D eigenvalue weighted by Gasteiger charge is -2.26. The van der Waals surface area contributed by atoms with Gasteiger partial charge < -0.3 is 0 Å². The topological polar surface area (TPSA) is 76.9 Å². The molecule has 2 rings (SSSR count). The summed E-state index contributed by atoms with van der Waals surface area (Å²) in [5.74, 6) is 1.67. The van der Waals surface area contributed by atoms with E-state index in [1.807, 2.05) is 0 Å². The van der Waals surface area contributed by atoms with Crippen molar-refractivity contribution in [1.29, 1.82) is 5.26 Å². The Bertz CT molecular complexity index is 371. The van der Waals surface area contributed by atoms with E-state index in [-0.39, 0.29) is 5.78 Å². The van der Waals surface area contributed by atoms with Gasteiger partial charge in [-0.2, -0.15) is 5.26 Å². The van der Waals surface area contributed by atoms with E-state index in [9.17, 15) is 10.1 Å². The van der Waals surface area contributed by atoms with Crippen molar-refractivity contribution in [2.45, 2.75) is 51.0 Å². The molecule has 0 bridgehead atoms. The maximum Gasteiger partial charge on any atom is 0.168 e. The number of ketones is 1. The number of nitriles is 1. The van der Waals surface area contributed by atoms with Crippen LogP contribution < -0.4 is 16.2 Å². The normalized spacial score (nSPS) is 34.1. The average Bonchev–Trinajstić information content (AvgIpc) is 2.82. The Hall–Kier alpha value is -0.960. The highest BCUT2D eigenvalue weighted by Crippen LogP contribution is 2.27. The fourth-order valence-electron chi connectivity index (χ4n) is 3.18. The van der Waals surface area contributed by atoms with E-state index in [2.05, 4.69) is 29.2 Å². The smallest absolute Gasteiger partial charge is 0.168 e. The zero-order valence-electron chi connectivity index (χ0n) is 12.4. The van der Waals surface area contributed by atoms with Gasteiger partial charge in [0.05, 0.1) is 6.07 Å². The second-order valence-corrected chi connectivity index (χ2v) is 6.30. The monoisotopic (exact) mass is 278 g/mol. The molecule has 0 radical (unpaired) electrons. The molecule has 1 unspecified atom stereocenters. The van der Waals surface area contributed by atoms with Gasteiger partial charge in [0.25, 0.3) is 0 Å². The summed E-state index contributed by atoms with van der Waals surface area (Å²) in [6.45, 7) is 4.57. The molecule has 0 amide bonds. The quantitative estimate of drug-likeness (QED) is 0.501. The van der Waals surface area contributed by atoms with Gasteiger partial charge in [-0.05, 0) is 24.7 Å². The fraction of sp³-hybridized carbons (Fsp3) is 0.867. The van der Waals surface area contributed by atoms with Crippen LogP contribution in [0, 0.1) is 23.2 Å². The Balaban J connectivity index is 1.60. The highest BCUT2D eigenvalue weighted by atomic mass is 16.1. The van der Waals surface area contributed by atoms with Crippen molar-refractivity contribution in [2.24, 2.45) is 11.8 Å². The molecule has 0 spiro atoms. The van der Waals surface area contributed by atoms with Crippen LogP contribution in [-0.2, 0) is 4.79 Å². The Kier molecular flexibility index (Phi) is 5.53. The maximum atomic E-state index is 11.7. The second-order valence-electron chi connectivity index (χ2n) is 6.30. The minimum absolute atomic E-state index is 0.0306. The predicted octanol–water partition coefficient (Wildman–Crippen LogP) is 1.12. The predicted molar refractivity (Wildman–Crippen MR) is 77.7 cm³/mol. The van der Waals surface area contributed by atoms with Crippen molar-refractivity contribution in [3.63, 3.8) is 0 Å². The molecule has 0 aromatic carbocycles. The van der Waals surface area contributed by atoms with Crippen LogP contribution in [0.3, 0.4) is 0 Å². The van der Waals surface area contributed by atoms with Gasteiger partial charge in [0.1, 0.15) is 0 Å². The Morgan fingerprint density at radius 2 is 2.10 bits per heavy atom. The van der Waals surface area contributed by atoms with Crippen molar-refractivity contribution in [2.75, 3.05) is 19.6 Å². The lowest BCUT2D eigenvalue weighted by Crippen LogP contribution is -2.48. The molecule has 1 saturated heterocycles. The molecule has 1 saturated carbocycles. The summed E-state index contributed by atoms with van der Waals surface area (Å²) >= 11 is 0. The minimum atomic E-state index is -0.949. The summed E-state index contributed by atoms with van der Waals surface area (Å²) in [6, 6.07) is 2.14. The van der Waals surface area contributed by atoms with E-state index in [1.165, 1.54) is 25.7 Å². The summed E-state index contributed by atoms with van der Waals surface area (Å²) in [6.07, 6.45) is 6.28. The van der Waals surface area contributed by atoms with Crippen LogP contribution in [0.1, 0.15) is 45.4 Å². The molecule has 20 heavy (non-hydrogen) atoms. The summed E-state index contributed by atoms with van der Waals surface area (Å²) in [4.78, 5) is 11.7. The van der Waals surface area contributed by atoms with Crippen molar-refractivity contribution in [3.8, 4) is 6.07 Å². The molecule has 1 atom stereocenters. The van der Waals surface area contributed by atoms with Crippen molar-refractivity contribution in [3.05, 3.63) is 0 Å². The molecular formula is C15H26N4O. The number of nitrogens with zero attached hydrogens (tertiary/aromatic N) is 1. The first kappa shape index (κ1) is 15.4. The number of rotatable bonds is 6. The summed E-state index contributed by atoms with van der Waals surface area (Å²) in [5.41, 5.74) is 5.46. The molecule has 2 aliphatic rings. The van der Waals surface area contributed by atoms with Crippen LogP contribution in [-0.4, -0.2) is 31.0 Å². The zero-order chi connectivity index (χ0) is 14.4. The Morgan fingerprint density at radius 1 is 1.35 bits per heavy atom. The summed E-state index contributed by atoms with van der Waals surface area (Å²) in [7, 11) is 0. The minimum Gasteiger partial charge on any atom is -0.296 e. The van der Waals surface area contributed by atoms with Crippen LogP contribution in [0.4, 0.5) is 0 Å². The maximum absolute atomic E-state index is 11.7. The molecule has 1 aliphatic carbocycles. The molecule has 1 heterocycles. The summed E-state index contributed by atoms with van der Waals surface area (Å²) in [5, 5.41) is 12.2. The first-order valence-electron chi connectivity index (χ1n) is 7.81. The van der Waals surface area contributed by atoms with Crippen LogP contribution in [0.2, 0.25) is 0 Å². The second kappa shape index (κ2) is 7.16. The fourth-order valence-corrected chi connectivity index (χ4v) is 3.18. The van der Waals surface area contributed by atoms with Gasteiger partial charge in [-0.1, -0.05) is 19.8 Å². The number of carbonyl (C=O) groups excluding carboxylic acids is 1. The van der Waals surface area contributed by atoms with Crippen LogP contribution in [0.25, 0.3) is 0 Å². The largest absolute Gasteiger partial charge is 0.296 e. The molecule has 5 nitrogen and oxygen atoms in total. The van der Waals surface area contributed by atoms with Gasteiger partial charge >= 0.3 is 0 Å². The average molecular weight is 278 g/mol. The third-order valence-electron chi connectivity index (χ3n) is 4.72. The van der Waals surface area contributed by atoms with Crippen molar-refractivity contribution in [1.82, 2.24) is 16.2 Å². The van der Waals surface area contributed by atoms with Gasteiger partial charge in [0.15, 0.2) is 11.3 Å². The van der Waals surface area contributed by atoms with Crippen molar-refractivity contribution >= 4 is 5.78 Å². The van der Waals surface area contributed by atoms with Gasteiger partial charge in [-0.3, -0.25) is 21.0 Å². The molecule has 112 valence electrons. The molecule has 0 aromatic rings. The first-order chi connectivity index (χ1) is 9.66. The molecule has 0 aromatic heterocycles. The lowest BCUT2D eigenvalue weighted by molar-refractivity contribution is -0.120. The lowest BCUT2D eigenvalue weighted by atomic mass is 9.83.